The summed E-state index contributed by atoms with van der Waals surface area (Å²) in [5.41, 5.74) is 2.18. The van der Waals surface area contributed by atoms with Crippen molar-refractivity contribution in [1.82, 2.24) is 4.98 Å². The van der Waals surface area contributed by atoms with Crippen LogP contribution in [0.1, 0.15) is 34.8 Å². The highest BCUT2D eigenvalue weighted by Crippen LogP contribution is 2.45. The highest BCUT2D eigenvalue weighted by atomic mass is 32.1. The topological polar surface area (TPSA) is 68.7 Å². The Hall–Kier alpha value is -2.08. The van der Waals surface area contributed by atoms with Crippen LogP contribution in [0.4, 0.5) is 0 Å². The monoisotopic (exact) mass is 319 g/mol. The highest BCUT2D eigenvalue weighted by Gasteiger charge is 2.33. The van der Waals surface area contributed by atoms with Gasteiger partial charge in [-0.15, -0.1) is 11.3 Å². The Morgan fingerprint density at radius 3 is 2.77 bits per heavy atom. The summed E-state index contributed by atoms with van der Waals surface area (Å²) in [5, 5.41) is 9.86. The van der Waals surface area contributed by atoms with Crippen LogP contribution in [0.2, 0.25) is 0 Å². The summed E-state index contributed by atoms with van der Waals surface area (Å²) in [6.07, 6.45) is 0.780. The fourth-order valence-electron chi connectivity index (χ4n) is 2.67. The zero-order valence-corrected chi connectivity index (χ0v) is 13.7. The first-order chi connectivity index (χ1) is 10.3. The number of carboxylic acids is 1. The van der Waals surface area contributed by atoms with E-state index < -0.39 is 5.97 Å². The molecule has 1 aromatic carbocycles. The van der Waals surface area contributed by atoms with Gasteiger partial charge in [-0.3, -0.25) is 0 Å². The lowest BCUT2D eigenvalue weighted by Crippen LogP contribution is -2.24. The number of carbonyl (C=O) groups is 1. The lowest BCUT2D eigenvalue weighted by molar-refractivity contribution is 0.0701. The third kappa shape index (κ3) is 2.43. The molecule has 0 aliphatic carbocycles. The van der Waals surface area contributed by atoms with Crippen molar-refractivity contribution in [2.45, 2.75) is 32.8 Å². The molecule has 0 atom stereocenters. The number of ether oxygens (including phenoxy) is 2. The number of carboxylic acid groups (broad SMARTS) is 1. The third-order valence-electron chi connectivity index (χ3n) is 3.58. The van der Waals surface area contributed by atoms with Crippen molar-refractivity contribution in [3.8, 4) is 22.1 Å². The first-order valence-electron chi connectivity index (χ1n) is 6.92. The van der Waals surface area contributed by atoms with E-state index in [9.17, 15) is 9.90 Å². The summed E-state index contributed by atoms with van der Waals surface area (Å²) in [7, 11) is 1.60. The van der Waals surface area contributed by atoms with Crippen LogP contribution in [0.3, 0.4) is 0 Å². The Morgan fingerprint density at radius 1 is 1.45 bits per heavy atom. The van der Waals surface area contributed by atoms with E-state index in [1.165, 1.54) is 11.3 Å². The third-order valence-corrected chi connectivity index (χ3v) is 4.78. The molecule has 1 aliphatic rings. The van der Waals surface area contributed by atoms with Crippen molar-refractivity contribution in [1.29, 1.82) is 0 Å². The van der Waals surface area contributed by atoms with Gasteiger partial charge in [0, 0.05) is 17.5 Å². The zero-order chi connectivity index (χ0) is 16.1. The summed E-state index contributed by atoms with van der Waals surface area (Å²) in [4.78, 5) is 15.8. The van der Waals surface area contributed by atoms with E-state index >= 15 is 0 Å². The number of rotatable bonds is 3. The molecular formula is C16H17NO4S. The van der Waals surface area contributed by atoms with Crippen LogP contribution in [-0.2, 0) is 6.42 Å². The van der Waals surface area contributed by atoms with Crippen molar-refractivity contribution >= 4 is 17.3 Å². The van der Waals surface area contributed by atoms with E-state index in [2.05, 4.69) is 4.98 Å². The lowest BCUT2D eigenvalue weighted by atomic mass is 10.00. The molecule has 2 aromatic rings. The van der Waals surface area contributed by atoms with Gasteiger partial charge in [-0.05, 0) is 32.9 Å². The van der Waals surface area contributed by atoms with Gasteiger partial charge in [0.1, 0.15) is 15.5 Å². The van der Waals surface area contributed by atoms with E-state index in [0.717, 1.165) is 23.3 Å². The quantitative estimate of drug-likeness (QED) is 0.937. The van der Waals surface area contributed by atoms with Gasteiger partial charge in [0.2, 0.25) is 0 Å². The average molecular weight is 319 g/mol. The maximum atomic E-state index is 11.2. The predicted octanol–water partition coefficient (Wildman–Crippen LogP) is 3.54. The van der Waals surface area contributed by atoms with E-state index in [0.29, 0.717) is 16.5 Å². The molecule has 0 bridgehead atoms. The summed E-state index contributed by atoms with van der Waals surface area (Å²) >= 11 is 1.18. The van der Waals surface area contributed by atoms with Crippen molar-refractivity contribution in [3.63, 3.8) is 0 Å². The van der Waals surface area contributed by atoms with Crippen molar-refractivity contribution in [3.05, 3.63) is 28.3 Å². The lowest BCUT2D eigenvalue weighted by Gasteiger charge is -2.17. The first kappa shape index (κ1) is 14.8. The second-order valence-corrected chi connectivity index (χ2v) is 6.94. The van der Waals surface area contributed by atoms with Crippen LogP contribution < -0.4 is 9.47 Å². The molecule has 5 nitrogen and oxygen atoms in total. The molecular weight excluding hydrogens is 302 g/mol. The number of benzene rings is 1. The molecule has 3 rings (SSSR count). The Bertz CT molecular complexity index is 764. The molecule has 1 aromatic heterocycles. The minimum absolute atomic E-state index is 0.265. The zero-order valence-electron chi connectivity index (χ0n) is 12.9. The van der Waals surface area contributed by atoms with E-state index in [1.54, 1.807) is 14.0 Å². The van der Waals surface area contributed by atoms with Gasteiger partial charge in [0.15, 0.2) is 11.5 Å². The number of methoxy groups -OCH3 is 1. The Kier molecular flexibility index (Phi) is 3.36. The maximum Gasteiger partial charge on any atom is 0.347 e. The fraction of sp³-hybridized carbons (Fsp3) is 0.375. The number of hydrogen-bond donors (Lipinski definition) is 1. The van der Waals surface area contributed by atoms with Crippen molar-refractivity contribution in [2.75, 3.05) is 7.11 Å². The molecule has 0 radical (unpaired) electrons. The molecule has 1 N–H and O–H groups in total. The second kappa shape index (κ2) is 4.98. The van der Waals surface area contributed by atoms with Crippen molar-refractivity contribution < 1.29 is 19.4 Å². The number of aromatic carboxylic acids is 1. The van der Waals surface area contributed by atoms with Crippen LogP contribution in [0.15, 0.2) is 12.1 Å². The predicted molar refractivity (Wildman–Crippen MR) is 84.2 cm³/mol. The number of fused-ring (bicyclic) bond motifs is 1. The standard InChI is InChI=1S/C16H17NO4S/c1-8-13(15(18)19)22-14(17-8)9-5-10-7-16(2,3)21-12(10)11(6-9)20-4/h5-6H,7H2,1-4H3,(H,18,19). The van der Waals surface area contributed by atoms with Crippen LogP contribution in [0, 0.1) is 6.92 Å². The van der Waals surface area contributed by atoms with Crippen LogP contribution in [-0.4, -0.2) is 28.8 Å². The van der Waals surface area contributed by atoms with E-state index in [4.69, 9.17) is 9.47 Å². The molecule has 0 saturated heterocycles. The smallest absolute Gasteiger partial charge is 0.347 e. The second-order valence-electron chi connectivity index (χ2n) is 5.94. The maximum absolute atomic E-state index is 11.2. The van der Waals surface area contributed by atoms with Gasteiger partial charge in [-0.1, -0.05) is 0 Å². The number of hydrogen-bond acceptors (Lipinski definition) is 5. The van der Waals surface area contributed by atoms with Gasteiger partial charge in [0.25, 0.3) is 0 Å². The van der Waals surface area contributed by atoms with E-state index in [-0.39, 0.29) is 10.5 Å². The van der Waals surface area contributed by atoms with Gasteiger partial charge in [0.05, 0.1) is 12.8 Å². The van der Waals surface area contributed by atoms with Gasteiger partial charge in [-0.2, -0.15) is 0 Å². The fourth-order valence-corrected chi connectivity index (χ4v) is 3.56. The first-order valence-corrected chi connectivity index (χ1v) is 7.73. The van der Waals surface area contributed by atoms with Gasteiger partial charge >= 0.3 is 5.97 Å². The van der Waals surface area contributed by atoms with Crippen molar-refractivity contribution in [2.24, 2.45) is 0 Å². The summed E-state index contributed by atoms with van der Waals surface area (Å²) < 4.78 is 11.4. The SMILES string of the molecule is COc1cc(-c2nc(C)c(C(=O)O)s2)cc2c1OC(C)(C)C2. The summed E-state index contributed by atoms with van der Waals surface area (Å²) in [6.45, 7) is 5.77. The molecule has 0 amide bonds. The van der Waals surface area contributed by atoms with Gasteiger partial charge in [-0.25, -0.2) is 9.78 Å². The number of aryl methyl sites for hydroxylation is 1. The summed E-state index contributed by atoms with van der Waals surface area (Å²) in [5.74, 6) is 0.477. The molecule has 1 aliphatic heterocycles. The molecule has 2 heterocycles. The average Bonchev–Trinajstić information content (AvgIpc) is 2.95. The molecule has 6 heteroatoms. The minimum Gasteiger partial charge on any atom is -0.493 e. The Balaban J connectivity index is 2.10. The number of nitrogens with zero attached hydrogens (tertiary/aromatic N) is 1. The molecule has 116 valence electrons. The van der Waals surface area contributed by atoms with Crippen LogP contribution >= 0.6 is 11.3 Å². The normalized spacial score (nSPS) is 15.3. The largest absolute Gasteiger partial charge is 0.493 e. The minimum atomic E-state index is -0.946. The van der Waals surface area contributed by atoms with Crippen LogP contribution in [0.5, 0.6) is 11.5 Å². The number of thiazole rings is 1. The molecule has 22 heavy (non-hydrogen) atoms. The molecule has 0 fully saturated rings. The Morgan fingerprint density at radius 2 is 2.18 bits per heavy atom. The number of aromatic nitrogens is 1. The Labute approximate surface area is 132 Å². The summed E-state index contributed by atoms with van der Waals surface area (Å²) in [6, 6.07) is 3.86. The van der Waals surface area contributed by atoms with E-state index in [1.807, 2.05) is 26.0 Å². The molecule has 0 saturated carbocycles. The molecule has 0 unspecified atom stereocenters. The van der Waals surface area contributed by atoms with Gasteiger partial charge < -0.3 is 14.6 Å². The molecule has 0 spiro atoms. The van der Waals surface area contributed by atoms with Crippen LogP contribution in [0.25, 0.3) is 10.6 Å². The highest BCUT2D eigenvalue weighted by molar-refractivity contribution is 7.17.